The van der Waals surface area contributed by atoms with Gasteiger partial charge in [0, 0.05) is 24.8 Å². The molecule has 1 amide bonds. The highest BCUT2D eigenvalue weighted by Crippen LogP contribution is 2.22. The van der Waals surface area contributed by atoms with Gasteiger partial charge in [-0.1, -0.05) is 25.7 Å². The molecule has 2 fully saturated rings. The summed E-state index contributed by atoms with van der Waals surface area (Å²) >= 11 is 0. The highest BCUT2D eigenvalue weighted by Gasteiger charge is 2.34. The van der Waals surface area contributed by atoms with Crippen molar-refractivity contribution in [3.8, 4) is 0 Å². The van der Waals surface area contributed by atoms with Crippen molar-refractivity contribution >= 4 is 21.6 Å². The van der Waals surface area contributed by atoms with Crippen LogP contribution in [0.4, 0.5) is 5.82 Å². The van der Waals surface area contributed by atoms with E-state index >= 15 is 0 Å². The Bertz CT molecular complexity index is 710. The lowest BCUT2D eigenvalue weighted by atomic mass is 10.1. The summed E-state index contributed by atoms with van der Waals surface area (Å²) in [6, 6.07) is 3.89. The van der Waals surface area contributed by atoms with Gasteiger partial charge in [0.1, 0.15) is 5.82 Å². The Morgan fingerprint density at radius 2 is 1.92 bits per heavy atom. The van der Waals surface area contributed by atoms with Crippen LogP contribution in [-0.2, 0) is 9.84 Å². The predicted octanol–water partition coefficient (Wildman–Crippen LogP) is 2.87. The van der Waals surface area contributed by atoms with Crippen molar-refractivity contribution in [1.82, 2.24) is 9.88 Å². The number of nitrogens with one attached hydrogen (secondary N) is 1. The molecule has 1 aromatic rings. The SMILES string of the molecule is CCN(C(=O)c1ccc(NC2CCCCCC2)nc1)C1CCS(=O)(=O)C1. The van der Waals surface area contributed by atoms with Crippen molar-refractivity contribution in [1.29, 1.82) is 0 Å². The topological polar surface area (TPSA) is 79.4 Å². The number of anilines is 1. The number of nitrogens with zero attached hydrogens (tertiary/aromatic N) is 2. The highest BCUT2D eigenvalue weighted by atomic mass is 32.2. The number of hydrogen-bond acceptors (Lipinski definition) is 5. The van der Waals surface area contributed by atoms with E-state index < -0.39 is 9.84 Å². The summed E-state index contributed by atoms with van der Waals surface area (Å²) < 4.78 is 23.4. The normalized spacial score (nSPS) is 23.3. The van der Waals surface area contributed by atoms with Crippen LogP contribution in [0.15, 0.2) is 18.3 Å². The Morgan fingerprint density at radius 1 is 1.19 bits per heavy atom. The van der Waals surface area contributed by atoms with E-state index in [2.05, 4.69) is 10.3 Å². The van der Waals surface area contributed by atoms with Crippen molar-refractivity contribution in [3.63, 3.8) is 0 Å². The van der Waals surface area contributed by atoms with Crippen molar-refractivity contribution in [3.05, 3.63) is 23.9 Å². The lowest BCUT2D eigenvalue weighted by molar-refractivity contribution is 0.0708. The van der Waals surface area contributed by atoms with Gasteiger partial charge in [-0.3, -0.25) is 4.79 Å². The predicted molar refractivity (Wildman–Crippen MR) is 103 cm³/mol. The zero-order valence-electron chi connectivity index (χ0n) is 15.5. The largest absolute Gasteiger partial charge is 0.367 e. The maximum absolute atomic E-state index is 12.8. The number of pyridine rings is 1. The molecule has 0 aromatic carbocycles. The van der Waals surface area contributed by atoms with Crippen molar-refractivity contribution in [2.24, 2.45) is 0 Å². The van der Waals surface area contributed by atoms with E-state index in [1.807, 2.05) is 13.0 Å². The van der Waals surface area contributed by atoms with Gasteiger partial charge in [0.05, 0.1) is 17.1 Å². The second-order valence-electron chi connectivity index (χ2n) is 7.41. The van der Waals surface area contributed by atoms with Gasteiger partial charge in [-0.05, 0) is 38.3 Å². The van der Waals surface area contributed by atoms with Gasteiger partial charge < -0.3 is 10.2 Å². The molecule has 1 saturated heterocycles. The van der Waals surface area contributed by atoms with Gasteiger partial charge in [0.15, 0.2) is 9.84 Å². The molecule has 1 aromatic heterocycles. The fourth-order valence-corrected chi connectivity index (χ4v) is 5.72. The van der Waals surface area contributed by atoms with E-state index in [1.54, 1.807) is 17.2 Å². The Kier molecular flexibility index (Phi) is 6.16. The van der Waals surface area contributed by atoms with Gasteiger partial charge in [0.25, 0.3) is 5.91 Å². The van der Waals surface area contributed by atoms with Crippen LogP contribution in [0.2, 0.25) is 0 Å². The number of carbonyl (C=O) groups excluding carboxylic acids is 1. The van der Waals surface area contributed by atoms with Crippen LogP contribution < -0.4 is 5.32 Å². The van der Waals surface area contributed by atoms with E-state index in [9.17, 15) is 13.2 Å². The first-order chi connectivity index (χ1) is 12.5. The lowest BCUT2D eigenvalue weighted by Gasteiger charge is -2.27. The van der Waals surface area contributed by atoms with E-state index in [0.717, 1.165) is 5.82 Å². The van der Waals surface area contributed by atoms with E-state index in [4.69, 9.17) is 0 Å². The molecule has 1 aliphatic heterocycles. The van der Waals surface area contributed by atoms with E-state index in [0.29, 0.717) is 24.6 Å². The Labute approximate surface area is 156 Å². The van der Waals surface area contributed by atoms with Crippen LogP contribution in [0.1, 0.15) is 62.2 Å². The molecule has 1 saturated carbocycles. The molecule has 1 atom stereocenters. The molecular formula is C19H29N3O3S. The third-order valence-electron chi connectivity index (χ3n) is 5.47. The molecule has 2 heterocycles. The summed E-state index contributed by atoms with van der Waals surface area (Å²) in [4.78, 5) is 18.9. The minimum absolute atomic E-state index is 0.0708. The summed E-state index contributed by atoms with van der Waals surface area (Å²) in [5.74, 6) is 0.911. The summed E-state index contributed by atoms with van der Waals surface area (Å²) in [7, 11) is -3.01. The third-order valence-corrected chi connectivity index (χ3v) is 7.22. The first kappa shape index (κ1) is 19.1. The number of amides is 1. The standard InChI is InChI=1S/C19H29N3O3S/c1-2-22(17-11-12-26(24,25)14-17)19(23)15-9-10-18(20-13-15)21-16-7-5-3-4-6-8-16/h9-10,13,16-17H,2-8,11-12,14H2,1H3,(H,20,21). The van der Waals surface area contributed by atoms with Crippen molar-refractivity contribution in [2.75, 3.05) is 23.4 Å². The molecule has 1 unspecified atom stereocenters. The molecule has 0 radical (unpaired) electrons. The highest BCUT2D eigenvalue weighted by molar-refractivity contribution is 7.91. The zero-order chi connectivity index (χ0) is 18.6. The average molecular weight is 380 g/mol. The molecule has 0 bridgehead atoms. The summed E-state index contributed by atoms with van der Waals surface area (Å²) in [6.07, 6.45) is 9.59. The Hall–Kier alpha value is -1.63. The number of sulfone groups is 1. The minimum Gasteiger partial charge on any atom is -0.367 e. The van der Waals surface area contributed by atoms with Crippen LogP contribution in [0.5, 0.6) is 0 Å². The molecule has 2 aliphatic rings. The maximum atomic E-state index is 12.8. The first-order valence-corrected chi connectivity index (χ1v) is 11.5. The number of carbonyl (C=O) groups is 1. The summed E-state index contributed by atoms with van der Waals surface area (Å²) in [6.45, 7) is 2.39. The van der Waals surface area contributed by atoms with Gasteiger partial charge in [0.2, 0.25) is 0 Å². The molecule has 3 rings (SSSR count). The lowest BCUT2D eigenvalue weighted by Crippen LogP contribution is -2.41. The van der Waals surface area contributed by atoms with Crippen LogP contribution >= 0.6 is 0 Å². The fraction of sp³-hybridized carbons (Fsp3) is 0.684. The molecule has 0 spiro atoms. The van der Waals surface area contributed by atoms with Crippen molar-refractivity contribution in [2.45, 2.75) is 64.0 Å². The summed E-state index contributed by atoms with van der Waals surface area (Å²) in [5, 5.41) is 3.48. The maximum Gasteiger partial charge on any atom is 0.255 e. The van der Waals surface area contributed by atoms with E-state index in [-0.39, 0.29) is 23.5 Å². The Morgan fingerprint density at radius 3 is 2.46 bits per heavy atom. The molecule has 26 heavy (non-hydrogen) atoms. The second-order valence-corrected chi connectivity index (χ2v) is 9.64. The number of rotatable bonds is 5. The molecular weight excluding hydrogens is 350 g/mol. The van der Waals surface area contributed by atoms with Gasteiger partial charge in [-0.2, -0.15) is 0 Å². The quantitative estimate of drug-likeness (QED) is 0.796. The molecule has 1 N–H and O–H groups in total. The second kappa shape index (κ2) is 8.37. The van der Waals surface area contributed by atoms with Gasteiger partial charge >= 0.3 is 0 Å². The average Bonchev–Trinajstić information content (AvgIpc) is 2.82. The third kappa shape index (κ3) is 4.75. The van der Waals surface area contributed by atoms with Crippen LogP contribution in [0, 0.1) is 0 Å². The van der Waals surface area contributed by atoms with Crippen LogP contribution in [0.25, 0.3) is 0 Å². The van der Waals surface area contributed by atoms with Crippen LogP contribution in [-0.4, -0.2) is 54.3 Å². The molecule has 1 aliphatic carbocycles. The number of hydrogen-bond donors (Lipinski definition) is 1. The van der Waals surface area contributed by atoms with Gasteiger partial charge in [-0.25, -0.2) is 13.4 Å². The monoisotopic (exact) mass is 379 g/mol. The Balaban J connectivity index is 1.64. The van der Waals surface area contributed by atoms with Crippen LogP contribution in [0.3, 0.4) is 0 Å². The molecule has 7 heteroatoms. The molecule has 6 nitrogen and oxygen atoms in total. The smallest absolute Gasteiger partial charge is 0.255 e. The summed E-state index contributed by atoms with van der Waals surface area (Å²) in [5.41, 5.74) is 0.516. The number of aromatic nitrogens is 1. The fourth-order valence-electron chi connectivity index (χ4n) is 3.99. The molecule has 144 valence electrons. The van der Waals surface area contributed by atoms with Gasteiger partial charge in [-0.15, -0.1) is 0 Å². The zero-order valence-corrected chi connectivity index (χ0v) is 16.3. The van der Waals surface area contributed by atoms with E-state index in [1.165, 1.54) is 38.5 Å². The first-order valence-electron chi connectivity index (χ1n) is 9.72. The minimum atomic E-state index is -3.01. The van der Waals surface area contributed by atoms with Crippen molar-refractivity contribution < 1.29 is 13.2 Å².